The normalized spacial score (nSPS) is 14.3. The molecule has 1 aliphatic carbocycles. The van der Waals surface area contributed by atoms with E-state index in [0.717, 1.165) is 16.4 Å². The summed E-state index contributed by atoms with van der Waals surface area (Å²) in [5.74, 6) is 0.531. The van der Waals surface area contributed by atoms with E-state index < -0.39 is 0 Å². The number of thiophene rings is 1. The Hall–Kier alpha value is -1.40. The molecule has 1 N–H and O–H groups in total. The van der Waals surface area contributed by atoms with Gasteiger partial charge in [-0.05, 0) is 39.2 Å². The first-order valence-corrected chi connectivity index (χ1v) is 11.3. The summed E-state index contributed by atoms with van der Waals surface area (Å²) in [4.78, 5) is 22.8. The molecule has 0 bridgehead atoms. The Morgan fingerprint density at radius 2 is 1.76 bits per heavy atom. The number of carbonyl (C=O) groups is 2. The fraction of sp³-hybridized carbons (Fsp3) is 0.739. The van der Waals surface area contributed by atoms with E-state index >= 15 is 0 Å². The van der Waals surface area contributed by atoms with Gasteiger partial charge in [0.1, 0.15) is 5.60 Å². The van der Waals surface area contributed by atoms with Gasteiger partial charge in [-0.15, -0.1) is 11.3 Å². The summed E-state index contributed by atoms with van der Waals surface area (Å²) >= 11 is 1.37. The predicted octanol–water partition coefficient (Wildman–Crippen LogP) is 5.91. The van der Waals surface area contributed by atoms with Gasteiger partial charge in [-0.3, -0.25) is 4.79 Å². The molecule has 1 aliphatic rings. The van der Waals surface area contributed by atoms with Crippen molar-refractivity contribution in [2.24, 2.45) is 11.8 Å². The maximum absolute atomic E-state index is 11.1. The van der Waals surface area contributed by atoms with Crippen LogP contribution in [-0.4, -0.2) is 29.8 Å². The molecule has 6 heteroatoms. The average molecular weight is 429 g/mol. The van der Waals surface area contributed by atoms with E-state index in [1.807, 2.05) is 34.6 Å². The van der Waals surface area contributed by atoms with Crippen LogP contribution in [0.15, 0.2) is 5.38 Å². The van der Waals surface area contributed by atoms with Crippen molar-refractivity contribution in [3.05, 3.63) is 21.4 Å². The topological polar surface area (TPSA) is 72.8 Å². The van der Waals surface area contributed by atoms with Crippen LogP contribution in [0.4, 0.5) is 0 Å². The lowest BCUT2D eigenvalue weighted by Crippen LogP contribution is -2.26. The second-order valence-corrected chi connectivity index (χ2v) is 9.74. The minimum Gasteiger partial charge on any atom is -0.465 e. The van der Waals surface area contributed by atoms with Crippen molar-refractivity contribution in [1.29, 1.82) is 0 Å². The number of aliphatic hydroxyl groups excluding tert-OH is 1. The van der Waals surface area contributed by atoms with E-state index in [0.29, 0.717) is 5.56 Å². The quantitative estimate of drug-likeness (QED) is 0.606. The third kappa shape index (κ3) is 12.0. The zero-order valence-corrected chi connectivity index (χ0v) is 20.3. The second kappa shape index (κ2) is 13.8. The monoisotopic (exact) mass is 428 g/mol. The maximum Gasteiger partial charge on any atom is 0.338 e. The van der Waals surface area contributed by atoms with Crippen LogP contribution in [0.5, 0.6) is 0 Å². The standard InChI is InChI=1S/C8H10O3S.C8H16O2.C7H14/c1-5-6(8(10)11-2)4-12-7(5)3-9;1-6(2)7(9)10-8(3,4)5;1-7-5-3-2-4-6-7/h4,9H,3H2,1-2H3;6H,1-5H3;7H,2-6H2,1H3. The highest BCUT2D eigenvalue weighted by Crippen LogP contribution is 2.22. The van der Waals surface area contributed by atoms with Crippen LogP contribution in [0.2, 0.25) is 0 Å². The molecule has 0 amide bonds. The van der Waals surface area contributed by atoms with Crippen LogP contribution in [-0.2, 0) is 20.9 Å². The van der Waals surface area contributed by atoms with Crippen molar-refractivity contribution in [2.45, 2.75) is 92.8 Å². The van der Waals surface area contributed by atoms with Gasteiger partial charge in [0.15, 0.2) is 0 Å². The van der Waals surface area contributed by atoms with Crippen LogP contribution in [0.1, 0.15) is 94.4 Å². The van der Waals surface area contributed by atoms with Crippen LogP contribution in [0.25, 0.3) is 0 Å². The van der Waals surface area contributed by atoms with Crippen LogP contribution in [0, 0.1) is 18.8 Å². The summed E-state index contributed by atoms with van der Waals surface area (Å²) in [6, 6.07) is 0. The fourth-order valence-corrected chi connectivity index (χ4v) is 3.54. The first-order valence-electron chi connectivity index (χ1n) is 10.4. The zero-order valence-electron chi connectivity index (χ0n) is 19.5. The lowest BCUT2D eigenvalue weighted by molar-refractivity contribution is -0.158. The smallest absolute Gasteiger partial charge is 0.338 e. The Kier molecular flexibility index (Phi) is 13.1. The molecule has 0 saturated heterocycles. The van der Waals surface area contributed by atoms with Crippen molar-refractivity contribution in [1.82, 2.24) is 0 Å². The molecular formula is C23H40O5S. The molecule has 1 fully saturated rings. The number of aliphatic hydroxyl groups is 1. The van der Waals surface area contributed by atoms with Gasteiger partial charge in [-0.2, -0.15) is 0 Å². The lowest BCUT2D eigenvalue weighted by Gasteiger charge is -2.20. The van der Waals surface area contributed by atoms with E-state index in [1.165, 1.54) is 50.6 Å². The molecule has 1 aromatic heterocycles. The highest BCUT2D eigenvalue weighted by atomic mass is 32.1. The van der Waals surface area contributed by atoms with Gasteiger partial charge in [0, 0.05) is 10.3 Å². The minimum absolute atomic E-state index is 0.0203. The number of rotatable bonds is 3. The number of esters is 2. The van der Waals surface area contributed by atoms with Gasteiger partial charge in [-0.25, -0.2) is 4.79 Å². The molecule has 2 rings (SSSR count). The summed E-state index contributed by atoms with van der Waals surface area (Å²) in [5.41, 5.74) is 1.02. The predicted molar refractivity (Wildman–Crippen MR) is 119 cm³/mol. The third-order valence-electron chi connectivity index (χ3n) is 4.46. The molecule has 1 aromatic rings. The van der Waals surface area contributed by atoms with Crippen LogP contribution in [0.3, 0.4) is 0 Å². The minimum atomic E-state index is -0.346. The van der Waals surface area contributed by atoms with E-state index in [9.17, 15) is 9.59 Å². The van der Waals surface area contributed by atoms with Crippen molar-refractivity contribution in [2.75, 3.05) is 7.11 Å². The average Bonchev–Trinajstić information content (AvgIpc) is 3.02. The van der Waals surface area contributed by atoms with Gasteiger partial charge >= 0.3 is 11.9 Å². The van der Waals surface area contributed by atoms with Gasteiger partial charge < -0.3 is 14.6 Å². The molecule has 0 atom stereocenters. The summed E-state index contributed by atoms with van der Waals surface area (Å²) in [5, 5.41) is 10.5. The van der Waals surface area contributed by atoms with E-state index in [-0.39, 0.29) is 30.1 Å². The Balaban J connectivity index is 0.000000419. The highest BCUT2D eigenvalue weighted by molar-refractivity contribution is 7.10. The van der Waals surface area contributed by atoms with Crippen LogP contribution >= 0.6 is 11.3 Å². The number of ether oxygens (including phenoxy) is 2. The van der Waals surface area contributed by atoms with Crippen LogP contribution < -0.4 is 0 Å². The van der Waals surface area contributed by atoms with E-state index in [2.05, 4.69) is 11.7 Å². The fourth-order valence-electron chi connectivity index (χ4n) is 2.65. The summed E-state index contributed by atoms with van der Waals surface area (Å²) in [7, 11) is 1.35. The third-order valence-corrected chi connectivity index (χ3v) is 5.54. The molecule has 0 radical (unpaired) electrons. The first-order chi connectivity index (χ1) is 13.4. The number of methoxy groups -OCH3 is 1. The lowest BCUT2D eigenvalue weighted by atomic mass is 9.91. The number of hydrogen-bond acceptors (Lipinski definition) is 6. The van der Waals surface area contributed by atoms with Crippen molar-refractivity contribution < 1.29 is 24.2 Å². The van der Waals surface area contributed by atoms with Gasteiger partial charge in [0.2, 0.25) is 0 Å². The summed E-state index contributed by atoms with van der Waals surface area (Å²) in [6.07, 6.45) is 7.44. The number of carbonyl (C=O) groups excluding carboxylic acids is 2. The Labute approximate surface area is 180 Å². The molecule has 29 heavy (non-hydrogen) atoms. The molecule has 1 saturated carbocycles. The largest absolute Gasteiger partial charge is 0.465 e. The molecule has 1 heterocycles. The first kappa shape index (κ1) is 27.6. The SMILES string of the molecule is CC(C)C(=O)OC(C)(C)C.CC1CCCCC1.COC(=O)c1csc(CO)c1C. The summed E-state index contributed by atoms with van der Waals surface area (Å²) in [6.45, 7) is 13.4. The molecule has 0 unspecified atom stereocenters. The zero-order chi connectivity index (χ0) is 22.6. The molecule has 0 aromatic carbocycles. The van der Waals surface area contributed by atoms with E-state index in [4.69, 9.17) is 9.84 Å². The van der Waals surface area contributed by atoms with Crippen molar-refractivity contribution >= 4 is 23.3 Å². The molecular weight excluding hydrogens is 388 g/mol. The Bertz CT molecular complexity index is 607. The maximum atomic E-state index is 11.1. The van der Waals surface area contributed by atoms with Crippen molar-refractivity contribution in [3.63, 3.8) is 0 Å². The molecule has 0 aliphatic heterocycles. The van der Waals surface area contributed by atoms with Gasteiger partial charge in [0.05, 0.1) is 25.2 Å². The molecule has 0 spiro atoms. The Morgan fingerprint density at radius 1 is 1.21 bits per heavy atom. The van der Waals surface area contributed by atoms with Gasteiger partial charge in [0.25, 0.3) is 0 Å². The van der Waals surface area contributed by atoms with E-state index in [1.54, 1.807) is 12.3 Å². The van der Waals surface area contributed by atoms with Gasteiger partial charge in [-0.1, -0.05) is 52.9 Å². The summed E-state index contributed by atoms with van der Waals surface area (Å²) < 4.78 is 9.62. The molecule has 5 nitrogen and oxygen atoms in total. The second-order valence-electron chi connectivity index (χ2n) is 8.78. The molecule has 168 valence electrons. The Morgan fingerprint density at radius 3 is 2.03 bits per heavy atom. The number of hydrogen-bond donors (Lipinski definition) is 1. The highest BCUT2D eigenvalue weighted by Gasteiger charge is 2.18. The van der Waals surface area contributed by atoms with Crippen molar-refractivity contribution in [3.8, 4) is 0 Å².